The van der Waals surface area contributed by atoms with Crippen LogP contribution in [0.15, 0.2) is 79.0 Å². The Morgan fingerprint density at radius 3 is 1.33 bits per heavy atom. The Balaban J connectivity index is 1.01. The molecule has 2 aromatic carbocycles. The van der Waals surface area contributed by atoms with Crippen LogP contribution in [0, 0.1) is 0 Å². The van der Waals surface area contributed by atoms with Crippen molar-refractivity contribution in [3.05, 3.63) is 79.0 Å². The fraction of sp³-hybridized carbons (Fsp3) is 0.550. The van der Waals surface area contributed by atoms with Crippen LogP contribution in [0.2, 0.25) is 0 Å². The van der Waals surface area contributed by atoms with Crippen LogP contribution >= 0.6 is 34.4 Å². The highest BCUT2D eigenvalue weighted by Gasteiger charge is 2.21. The van der Waals surface area contributed by atoms with Gasteiger partial charge >= 0.3 is 0 Å². The van der Waals surface area contributed by atoms with Crippen molar-refractivity contribution in [2.45, 2.75) is 182 Å². The van der Waals surface area contributed by atoms with E-state index in [2.05, 4.69) is 122 Å². The molecule has 0 saturated heterocycles. The molecular formula is C60H84N6S3. The van der Waals surface area contributed by atoms with Gasteiger partial charge in [0.2, 0.25) is 0 Å². The summed E-state index contributed by atoms with van der Waals surface area (Å²) in [7, 11) is 2.16. The molecule has 0 saturated carbocycles. The second-order valence-corrected chi connectivity index (χ2v) is 22.4. The third-order valence-electron chi connectivity index (χ3n) is 14.3. The molecule has 5 heterocycles. The van der Waals surface area contributed by atoms with Crippen LogP contribution in [0.4, 0.5) is 11.4 Å². The second kappa shape index (κ2) is 28.7. The number of pyridine rings is 1. The molecule has 0 aliphatic rings. The zero-order chi connectivity index (χ0) is 48.0. The number of rotatable bonds is 34. The summed E-state index contributed by atoms with van der Waals surface area (Å²) in [5.41, 5.74) is 11.2. The van der Waals surface area contributed by atoms with E-state index in [4.69, 9.17) is 13.7 Å². The van der Waals surface area contributed by atoms with Gasteiger partial charge in [0.15, 0.2) is 0 Å². The summed E-state index contributed by atoms with van der Waals surface area (Å²) >= 11 is 5.01. The summed E-state index contributed by atoms with van der Waals surface area (Å²) in [5, 5.41) is 0. The van der Waals surface area contributed by atoms with E-state index in [9.17, 15) is 0 Å². The lowest BCUT2D eigenvalue weighted by Crippen LogP contribution is -2.25. The molecule has 0 unspecified atom stereocenters. The molecule has 372 valence electrons. The quantitative estimate of drug-likeness (QED) is 0.0377. The Kier molecular flexibility index (Phi) is 22.0. The number of thiophene rings is 2. The normalized spacial score (nSPS) is 11.7. The van der Waals surface area contributed by atoms with Gasteiger partial charge in [-0.15, -0.1) is 22.7 Å². The number of benzene rings is 2. The zero-order valence-corrected chi connectivity index (χ0v) is 45.7. The highest BCUT2D eigenvalue weighted by Crippen LogP contribution is 2.44. The number of unbranched alkanes of at least 4 members (excludes halogenated alkanes) is 20. The van der Waals surface area contributed by atoms with Crippen molar-refractivity contribution in [3.63, 3.8) is 0 Å². The number of aromatic nitrogens is 4. The first-order valence-electron chi connectivity index (χ1n) is 27.5. The fourth-order valence-corrected chi connectivity index (χ4v) is 13.0. The summed E-state index contributed by atoms with van der Waals surface area (Å²) in [6, 6.07) is 27.9. The maximum Gasteiger partial charge on any atom is 0.133 e. The molecule has 7 aromatic rings. The van der Waals surface area contributed by atoms with Gasteiger partial charge in [-0.3, -0.25) is 4.98 Å². The fourth-order valence-electron chi connectivity index (χ4n) is 10.0. The SMILES string of the molecule is CCCCCCCCN(CCCCCCCC)c1ccc(-c2cc3sc(-c4cnc(-c5ccc(-c6ccc(N(CCCCCCCC)CCCCCCCC)cc6)n5C)c5nsnc45)cc3s2)cc1. The molecule has 0 N–H and O–H groups in total. The minimum absolute atomic E-state index is 0.875. The molecule has 0 atom stereocenters. The van der Waals surface area contributed by atoms with Crippen molar-refractivity contribution in [1.29, 1.82) is 0 Å². The Hall–Kier alpha value is -4.05. The van der Waals surface area contributed by atoms with Gasteiger partial charge in [-0.05, 0) is 85.3 Å². The van der Waals surface area contributed by atoms with E-state index >= 15 is 0 Å². The van der Waals surface area contributed by atoms with Gasteiger partial charge < -0.3 is 14.4 Å². The molecule has 69 heavy (non-hydrogen) atoms. The lowest BCUT2D eigenvalue weighted by molar-refractivity contribution is 0.575. The Morgan fingerprint density at radius 2 is 0.841 bits per heavy atom. The lowest BCUT2D eigenvalue weighted by Gasteiger charge is -2.25. The third-order valence-corrected chi connectivity index (χ3v) is 17.2. The monoisotopic (exact) mass is 985 g/mol. The average Bonchev–Trinajstić information content (AvgIpc) is 4.19. The van der Waals surface area contributed by atoms with E-state index in [0.29, 0.717) is 0 Å². The van der Waals surface area contributed by atoms with Gasteiger partial charge in [-0.1, -0.05) is 180 Å². The first-order chi connectivity index (χ1) is 34.0. The third kappa shape index (κ3) is 15.0. The molecule has 6 nitrogen and oxygen atoms in total. The molecule has 5 aromatic heterocycles. The predicted molar refractivity (Wildman–Crippen MR) is 307 cm³/mol. The minimum atomic E-state index is 0.875. The summed E-state index contributed by atoms with van der Waals surface area (Å²) in [6.45, 7) is 13.8. The maximum absolute atomic E-state index is 5.13. The number of hydrogen-bond donors (Lipinski definition) is 0. The molecule has 0 aliphatic heterocycles. The molecule has 0 radical (unpaired) electrons. The van der Waals surface area contributed by atoms with Crippen LogP contribution < -0.4 is 9.80 Å². The van der Waals surface area contributed by atoms with Crippen LogP contribution in [0.3, 0.4) is 0 Å². The molecule has 0 aliphatic carbocycles. The smallest absolute Gasteiger partial charge is 0.133 e. The first-order valence-corrected chi connectivity index (χ1v) is 29.9. The van der Waals surface area contributed by atoms with E-state index in [-0.39, 0.29) is 0 Å². The zero-order valence-electron chi connectivity index (χ0n) is 43.2. The van der Waals surface area contributed by atoms with Crippen molar-refractivity contribution in [2.24, 2.45) is 7.05 Å². The van der Waals surface area contributed by atoms with Crippen molar-refractivity contribution in [1.82, 2.24) is 18.3 Å². The van der Waals surface area contributed by atoms with Crippen LogP contribution in [0.1, 0.15) is 182 Å². The van der Waals surface area contributed by atoms with Crippen LogP contribution in [-0.2, 0) is 7.05 Å². The van der Waals surface area contributed by atoms with Gasteiger partial charge in [-0.2, -0.15) is 8.75 Å². The Morgan fingerprint density at radius 1 is 0.435 bits per heavy atom. The van der Waals surface area contributed by atoms with Gasteiger partial charge in [0, 0.05) is 81.2 Å². The number of hydrogen-bond acceptors (Lipinski definition) is 8. The largest absolute Gasteiger partial charge is 0.372 e. The van der Waals surface area contributed by atoms with Crippen molar-refractivity contribution in [2.75, 3.05) is 36.0 Å². The van der Waals surface area contributed by atoms with Gasteiger partial charge in [0.25, 0.3) is 0 Å². The van der Waals surface area contributed by atoms with E-state index in [1.807, 2.05) is 28.9 Å². The van der Waals surface area contributed by atoms with Crippen LogP contribution in [0.5, 0.6) is 0 Å². The molecule has 0 bridgehead atoms. The second-order valence-electron chi connectivity index (χ2n) is 19.7. The van der Waals surface area contributed by atoms with Crippen molar-refractivity contribution >= 4 is 66.2 Å². The molecule has 0 spiro atoms. The average molecular weight is 986 g/mol. The molecule has 0 fully saturated rings. The summed E-state index contributed by atoms with van der Waals surface area (Å²) in [5.74, 6) is 0. The number of fused-ring (bicyclic) bond motifs is 2. The van der Waals surface area contributed by atoms with Crippen molar-refractivity contribution in [3.8, 4) is 43.5 Å². The van der Waals surface area contributed by atoms with E-state index in [1.54, 1.807) is 0 Å². The summed E-state index contributed by atoms with van der Waals surface area (Å²) in [6.07, 6.45) is 34.1. The van der Waals surface area contributed by atoms with Crippen LogP contribution in [0.25, 0.3) is 64.0 Å². The standard InChI is InChI=1S/C60H84N6S3/c1-6-10-14-18-22-26-40-65(41-27-23-19-15-11-7-2)49-34-30-47(31-35-49)52-38-39-53(64(52)5)59-60-58(62-69-63-60)51(46-61-59)55-45-57-56(68-55)44-54(67-57)48-32-36-50(37-33-48)66(42-28-24-20-16-12-8-3)43-29-25-21-17-13-9-4/h30-39,44-46H,6-29,40-43H2,1-5H3. The first kappa shape index (κ1) is 52.8. The van der Waals surface area contributed by atoms with Gasteiger partial charge in [0.1, 0.15) is 16.7 Å². The predicted octanol–water partition coefficient (Wildman–Crippen LogP) is 19.4. The maximum atomic E-state index is 5.13. The highest BCUT2D eigenvalue weighted by atomic mass is 32.1. The Bertz CT molecular complexity index is 2450. The highest BCUT2D eigenvalue weighted by molar-refractivity contribution is 7.31. The lowest BCUT2D eigenvalue weighted by atomic mass is 10.1. The van der Waals surface area contributed by atoms with E-state index in [1.165, 1.54) is 213 Å². The van der Waals surface area contributed by atoms with Gasteiger partial charge in [-0.25, -0.2) is 0 Å². The summed E-state index contributed by atoms with van der Waals surface area (Å²) in [4.78, 5) is 13.0. The van der Waals surface area contributed by atoms with Gasteiger partial charge in [0.05, 0.1) is 17.4 Å². The Labute approximate surface area is 429 Å². The van der Waals surface area contributed by atoms with Crippen LogP contribution in [-0.4, -0.2) is 44.5 Å². The van der Waals surface area contributed by atoms with E-state index < -0.39 is 0 Å². The number of nitrogens with zero attached hydrogens (tertiary/aromatic N) is 6. The van der Waals surface area contributed by atoms with Crippen molar-refractivity contribution < 1.29 is 0 Å². The summed E-state index contributed by atoms with van der Waals surface area (Å²) < 4.78 is 14.6. The minimum Gasteiger partial charge on any atom is -0.372 e. The molecular weight excluding hydrogens is 901 g/mol. The molecule has 9 heteroatoms. The number of anilines is 2. The van der Waals surface area contributed by atoms with E-state index in [0.717, 1.165) is 54.2 Å². The molecule has 0 amide bonds. The molecule has 7 rings (SSSR count). The topological polar surface area (TPSA) is 50.1 Å².